The van der Waals surface area contributed by atoms with Gasteiger partial charge in [-0.25, -0.2) is 4.79 Å². The summed E-state index contributed by atoms with van der Waals surface area (Å²) in [5.74, 6) is -1.02. The van der Waals surface area contributed by atoms with Crippen LogP contribution in [0.1, 0.15) is 33.6 Å². The number of aliphatic carboxylic acids is 1. The van der Waals surface area contributed by atoms with Crippen LogP contribution in [0.2, 0.25) is 0 Å². The molecular formula is C11H19NO3. The zero-order chi connectivity index (χ0) is 12.0. The van der Waals surface area contributed by atoms with Crippen molar-refractivity contribution in [3.63, 3.8) is 0 Å². The average Bonchev–Trinajstić information content (AvgIpc) is 1.99. The van der Waals surface area contributed by atoms with Gasteiger partial charge in [-0.05, 0) is 19.3 Å². The van der Waals surface area contributed by atoms with Crippen molar-refractivity contribution >= 4 is 11.9 Å². The van der Waals surface area contributed by atoms with E-state index in [4.69, 9.17) is 5.11 Å². The molecule has 0 fully saturated rings. The molecule has 4 nitrogen and oxygen atoms in total. The minimum Gasteiger partial charge on any atom is -0.480 e. The summed E-state index contributed by atoms with van der Waals surface area (Å²) < 4.78 is 0. The highest BCUT2D eigenvalue weighted by Crippen LogP contribution is 2.04. The van der Waals surface area contributed by atoms with E-state index in [-0.39, 0.29) is 18.2 Å². The molecule has 0 aromatic heterocycles. The van der Waals surface area contributed by atoms with Gasteiger partial charge in [-0.15, -0.1) is 6.58 Å². The maximum absolute atomic E-state index is 11.3. The average molecular weight is 213 g/mol. The normalized spacial score (nSPS) is 12.3. The van der Waals surface area contributed by atoms with E-state index in [0.29, 0.717) is 6.42 Å². The van der Waals surface area contributed by atoms with Crippen LogP contribution >= 0.6 is 0 Å². The summed E-state index contributed by atoms with van der Waals surface area (Å²) in [6, 6.07) is -0.853. The van der Waals surface area contributed by atoms with E-state index in [1.54, 1.807) is 6.92 Å². The van der Waals surface area contributed by atoms with E-state index in [2.05, 4.69) is 11.9 Å². The zero-order valence-corrected chi connectivity index (χ0v) is 9.54. The van der Waals surface area contributed by atoms with Crippen LogP contribution in [0.3, 0.4) is 0 Å². The van der Waals surface area contributed by atoms with Crippen LogP contribution in [0.5, 0.6) is 0 Å². The molecule has 0 aliphatic carbocycles. The fraction of sp³-hybridized carbons (Fsp3) is 0.636. The van der Waals surface area contributed by atoms with Gasteiger partial charge in [0.2, 0.25) is 5.91 Å². The summed E-state index contributed by atoms with van der Waals surface area (Å²) in [5.41, 5.74) is 0.743. The number of amides is 1. The standard InChI is InChI=1S/C11H19NO3/c1-7(2)5-9(11(14)15)12-10(13)6-8(3)4/h8-9H,1,5-6H2,2-4H3,(H,12,13)(H,14,15)/t9-/m0/s1. The van der Waals surface area contributed by atoms with Gasteiger partial charge < -0.3 is 10.4 Å². The van der Waals surface area contributed by atoms with Gasteiger partial charge >= 0.3 is 5.97 Å². The first-order valence-corrected chi connectivity index (χ1v) is 4.99. The molecule has 1 amide bonds. The monoisotopic (exact) mass is 213 g/mol. The number of carbonyl (C=O) groups excluding carboxylic acids is 1. The molecule has 86 valence electrons. The summed E-state index contributed by atoms with van der Waals surface area (Å²) in [6.45, 7) is 9.19. The molecule has 4 heteroatoms. The van der Waals surface area contributed by atoms with Crippen LogP contribution in [0.4, 0.5) is 0 Å². The number of carboxylic acid groups (broad SMARTS) is 1. The molecular weight excluding hydrogens is 194 g/mol. The predicted octanol–water partition coefficient (Wildman–Crippen LogP) is 1.57. The zero-order valence-electron chi connectivity index (χ0n) is 9.54. The lowest BCUT2D eigenvalue weighted by molar-refractivity contribution is -0.141. The van der Waals surface area contributed by atoms with Crippen molar-refractivity contribution in [1.82, 2.24) is 5.32 Å². The van der Waals surface area contributed by atoms with Gasteiger partial charge in [-0.3, -0.25) is 4.79 Å². The first kappa shape index (κ1) is 13.7. The van der Waals surface area contributed by atoms with Crippen molar-refractivity contribution in [2.45, 2.75) is 39.7 Å². The lowest BCUT2D eigenvalue weighted by atomic mass is 10.1. The largest absolute Gasteiger partial charge is 0.480 e. The van der Waals surface area contributed by atoms with Crippen LogP contribution in [0.15, 0.2) is 12.2 Å². The van der Waals surface area contributed by atoms with Crippen molar-refractivity contribution in [3.05, 3.63) is 12.2 Å². The molecule has 2 N–H and O–H groups in total. The fourth-order valence-corrected chi connectivity index (χ4v) is 1.17. The quantitative estimate of drug-likeness (QED) is 0.658. The smallest absolute Gasteiger partial charge is 0.326 e. The van der Waals surface area contributed by atoms with Gasteiger partial charge in [-0.2, -0.15) is 0 Å². The van der Waals surface area contributed by atoms with Crippen LogP contribution < -0.4 is 5.32 Å². The minimum absolute atomic E-state index is 0.223. The second-order valence-corrected chi connectivity index (χ2v) is 4.22. The van der Waals surface area contributed by atoms with Crippen molar-refractivity contribution in [1.29, 1.82) is 0 Å². The Hall–Kier alpha value is -1.32. The Labute approximate surface area is 90.4 Å². The Morgan fingerprint density at radius 1 is 1.33 bits per heavy atom. The molecule has 0 aromatic carbocycles. The molecule has 0 unspecified atom stereocenters. The molecule has 0 saturated carbocycles. The molecule has 0 saturated heterocycles. The summed E-state index contributed by atoms with van der Waals surface area (Å²) in [4.78, 5) is 22.1. The fourth-order valence-electron chi connectivity index (χ4n) is 1.17. The third kappa shape index (κ3) is 6.71. The Balaban J connectivity index is 4.22. The lowest BCUT2D eigenvalue weighted by Crippen LogP contribution is -2.41. The van der Waals surface area contributed by atoms with Crippen molar-refractivity contribution in [2.75, 3.05) is 0 Å². The minimum atomic E-state index is -1.02. The van der Waals surface area contributed by atoms with Crippen molar-refractivity contribution in [3.8, 4) is 0 Å². The predicted molar refractivity (Wildman–Crippen MR) is 58.5 cm³/mol. The van der Waals surface area contributed by atoms with Crippen LogP contribution in [-0.2, 0) is 9.59 Å². The maximum Gasteiger partial charge on any atom is 0.326 e. The number of carboxylic acids is 1. The van der Waals surface area contributed by atoms with Gasteiger partial charge in [0.25, 0.3) is 0 Å². The highest BCUT2D eigenvalue weighted by atomic mass is 16.4. The van der Waals surface area contributed by atoms with Gasteiger partial charge in [0.1, 0.15) is 6.04 Å². The molecule has 0 bridgehead atoms. The van der Waals surface area contributed by atoms with Crippen molar-refractivity contribution < 1.29 is 14.7 Å². The van der Waals surface area contributed by atoms with Gasteiger partial charge in [-0.1, -0.05) is 19.4 Å². The van der Waals surface area contributed by atoms with E-state index < -0.39 is 12.0 Å². The van der Waals surface area contributed by atoms with Crippen LogP contribution in [-0.4, -0.2) is 23.0 Å². The molecule has 0 radical (unpaired) electrons. The lowest BCUT2D eigenvalue weighted by Gasteiger charge is -2.15. The summed E-state index contributed by atoms with van der Waals surface area (Å²) in [6.07, 6.45) is 0.624. The first-order chi connectivity index (χ1) is 6.82. The second kappa shape index (κ2) is 6.22. The van der Waals surface area contributed by atoms with Crippen LogP contribution in [0.25, 0.3) is 0 Å². The van der Waals surface area contributed by atoms with E-state index in [1.807, 2.05) is 13.8 Å². The highest BCUT2D eigenvalue weighted by molar-refractivity contribution is 5.83. The number of carbonyl (C=O) groups is 2. The first-order valence-electron chi connectivity index (χ1n) is 4.99. The van der Waals surface area contributed by atoms with E-state index in [9.17, 15) is 9.59 Å². The number of nitrogens with one attached hydrogen (secondary N) is 1. The third-order valence-corrected chi connectivity index (χ3v) is 1.78. The van der Waals surface area contributed by atoms with Gasteiger partial charge in [0, 0.05) is 6.42 Å². The summed E-state index contributed by atoms with van der Waals surface area (Å²) >= 11 is 0. The van der Waals surface area contributed by atoms with Crippen molar-refractivity contribution in [2.24, 2.45) is 5.92 Å². The van der Waals surface area contributed by atoms with Gasteiger partial charge in [0.05, 0.1) is 0 Å². The van der Waals surface area contributed by atoms with Gasteiger partial charge in [0.15, 0.2) is 0 Å². The molecule has 0 aromatic rings. The topological polar surface area (TPSA) is 66.4 Å². The van der Waals surface area contributed by atoms with E-state index in [0.717, 1.165) is 5.57 Å². The second-order valence-electron chi connectivity index (χ2n) is 4.22. The molecule has 1 atom stereocenters. The summed E-state index contributed by atoms with van der Waals surface area (Å²) in [7, 11) is 0. The number of rotatable bonds is 6. The Kier molecular flexibility index (Phi) is 5.67. The number of hydrogen-bond donors (Lipinski definition) is 2. The Bertz CT molecular complexity index is 259. The SMILES string of the molecule is C=C(C)C[C@H](NC(=O)CC(C)C)C(=O)O. The Morgan fingerprint density at radius 3 is 2.20 bits per heavy atom. The molecule has 0 heterocycles. The van der Waals surface area contributed by atoms with E-state index in [1.165, 1.54) is 0 Å². The Morgan fingerprint density at radius 2 is 1.87 bits per heavy atom. The highest BCUT2D eigenvalue weighted by Gasteiger charge is 2.19. The molecule has 0 aliphatic rings. The third-order valence-electron chi connectivity index (χ3n) is 1.78. The summed E-state index contributed by atoms with van der Waals surface area (Å²) in [5, 5.41) is 11.3. The molecule has 15 heavy (non-hydrogen) atoms. The van der Waals surface area contributed by atoms with Crippen LogP contribution in [0, 0.1) is 5.92 Å². The molecule has 0 rings (SSSR count). The maximum atomic E-state index is 11.3. The van der Waals surface area contributed by atoms with E-state index >= 15 is 0 Å². The molecule has 0 aliphatic heterocycles. The number of hydrogen-bond acceptors (Lipinski definition) is 2. The molecule has 0 spiro atoms.